The van der Waals surface area contributed by atoms with Crippen LogP contribution in [0, 0.1) is 11.8 Å². The van der Waals surface area contributed by atoms with E-state index in [0.29, 0.717) is 30.1 Å². The van der Waals surface area contributed by atoms with Crippen molar-refractivity contribution in [1.29, 1.82) is 0 Å². The van der Waals surface area contributed by atoms with E-state index in [1.54, 1.807) is 12.1 Å². The second-order valence-electron chi connectivity index (χ2n) is 7.35. The molecule has 0 radical (unpaired) electrons. The van der Waals surface area contributed by atoms with Crippen molar-refractivity contribution in [3.63, 3.8) is 0 Å². The van der Waals surface area contributed by atoms with Crippen LogP contribution < -0.4 is 4.90 Å². The fourth-order valence-corrected chi connectivity index (χ4v) is 5.08. The van der Waals surface area contributed by atoms with Gasteiger partial charge in [-0.15, -0.1) is 0 Å². The summed E-state index contributed by atoms with van der Waals surface area (Å²) in [6.45, 7) is 2.39. The smallest absolute Gasteiger partial charge is 0.411 e. The SMILES string of the molecule is O=C(O)N(CC1C2CCC1N(Cc1ccccc1)C2)c1cc(Cl)nc(Cl)c1. The van der Waals surface area contributed by atoms with E-state index < -0.39 is 6.09 Å². The summed E-state index contributed by atoms with van der Waals surface area (Å²) in [5, 5.41) is 10.2. The minimum absolute atomic E-state index is 0.198. The molecule has 2 bridgehead atoms. The van der Waals surface area contributed by atoms with Gasteiger partial charge in [-0.2, -0.15) is 0 Å². The van der Waals surface area contributed by atoms with Crippen LogP contribution >= 0.6 is 23.2 Å². The van der Waals surface area contributed by atoms with E-state index in [1.165, 1.54) is 10.5 Å². The molecule has 3 atom stereocenters. The minimum atomic E-state index is -0.991. The van der Waals surface area contributed by atoms with E-state index in [9.17, 15) is 9.90 Å². The Bertz CT molecular complexity index is 813. The zero-order valence-corrected chi connectivity index (χ0v) is 16.3. The topological polar surface area (TPSA) is 56.7 Å². The number of anilines is 1. The number of carboxylic acid groups (broad SMARTS) is 1. The number of nitrogens with zero attached hydrogens (tertiary/aromatic N) is 3. The zero-order valence-electron chi connectivity index (χ0n) is 14.8. The van der Waals surface area contributed by atoms with Gasteiger partial charge in [0.15, 0.2) is 0 Å². The molecule has 1 aliphatic carbocycles. The molecule has 142 valence electrons. The van der Waals surface area contributed by atoms with Gasteiger partial charge in [0.05, 0.1) is 5.69 Å². The molecule has 1 aliphatic heterocycles. The summed E-state index contributed by atoms with van der Waals surface area (Å²) in [5.41, 5.74) is 1.78. The molecule has 2 aliphatic rings. The number of halogens is 2. The molecule has 1 aromatic heterocycles. The van der Waals surface area contributed by atoms with Crippen molar-refractivity contribution in [1.82, 2.24) is 9.88 Å². The first-order valence-electron chi connectivity index (χ1n) is 9.13. The number of carbonyl (C=O) groups is 1. The van der Waals surface area contributed by atoms with Crippen molar-refractivity contribution in [2.24, 2.45) is 11.8 Å². The van der Waals surface area contributed by atoms with Crippen molar-refractivity contribution in [2.75, 3.05) is 18.0 Å². The average Bonchev–Trinajstić information content (AvgIpc) is 3.15. The number of pyridine rings is 1. The predicted molar refractivity (Wildman–Crippen MR) is 106 cm³/mol. The Morgan fingerprint density at radius 2 is 1.89 bits per heavy atom. The van der Waals surface area contributed by atoms with Gasteiger partial charge in [0, 0.05) is 25.7 Å². The van der Waals surface area contributed by atoms with E-state index in [-0.39, 0.29) is 10.3 Å². The predicted octanol–water partition coefficient (Wildman–Crippen LogP) is 4.78. The highest BCUT2D eigenvalue weighted by Gasteiger charge is 2.47. The monoisotopic (exact) mass is 405 g/mol. The number of hydrogen-bond donors (Lipinski definition) is 1. The highest BCUT2D eigenvalue weighted by molar-refractivity contribution is 6.33. The number of fused-ring (bicyclic) bond motifs is 2. The van der Waals surface area contributed by atoms with Gasteiger partial charge in [-0.1, -0.05) is 53.5 Å². The first-order valence-corrected chi connectivity index (χ1v) is 9.88. The quantitative estimate of drug-likeness (QED) is 0.726. The number of amides is 1. The lowest BCUT2D eigenvalue weighted by Crippen LogP contribution is -2.39. The Labute approximate surface area is 168 Å². The van der Waals surface area contributed by atoms with Gasteiger partial charge in [0.25, 0.3) is 0 Å². The number of likely N-dealkylation sites (tertiary alicyclic amines) is 1. The van der Waals surface area contributed by atoms with Crippen LogP contribution in [0.5, 0.6) is 0 Å². The van der Waals surface area contributed by atoms with Crippen LogP contribution in [0.2, 0.25) is 10.3 Å². The lowest BCUT2D eigenvalue weighted by molar-refractivity contribution is 0.192. The van der Waals surface area contributed by atoms with Crippen LogP contribution in [0.3, 0.4) is 0 Å². The Balaban J connectivity index is 1.51. The van der Waals surface area contributed by atoms with Crippen molar-refractivity contribution in [3.05, 3.63) is 58.3 Å². The van der Waals surface area contributed by atoms with Crippen molar-refractivity contribution in [2.45, 2.75) is 25.4 Å². The Hall–Kier alpha value is -1.82. The van der Waals surface area contributed by atoms with Crippen LogP contribution in [0.1, 0.15) is 18.4 Å². The Morgan fingerprint density at radius 1 is 1.19 bits per heavy atom. The standard InChI is InChI=1S/C20H21Cl2N3O2/c21-18-8-15(9-19(22)23-18)25(20(26)27)12-16-14-6-7-17(16)24(11-14)10-13-4-2-1-3-5-13/h1-5,8-9,14,16-17H,6-7,10-12H2,(H,26,27). The molecule has 1 amide bonds. The number of piperidine rings is 1. The fourth-order valence-electron chi connectivity index (χ4n) is 4.63. The molecule has 3 unspecified atom stereocenters. The third kappa shape index (κ3) is 3.91. The lowest BCUT2D eigenvalue weighted by atomic mass is 9.97. The first kappa shape index (κ1) is 18.5. The van der Waals surface area contributed by atoms with Gasteiger partial charge < -0.3 is 5.11 Å². The highest BCUT2D eigenvalue weighted by atomic mass is 35.5. The average molecular weight is 406 g/mol. The molecule has 7 heteroatoms. The molecule has 1 aromatic carbocycles. The lowest BCUT2D eigenvalue weighted by Gasteiger charge is -2.29. The van der Waals surface area contributed by atoms with E-state index in [2.05, 4.69) is 34.1 Å². The van der Waals surface area contributed by atoms with Crippen LogP contribution in [-0.2, 0) is 6.54 Å². The largest absolute Gasteiger partial charge is 0.465 e. The van der Waals surface area contributed by atoms with Gasteiger partial charge in [0.2, 0.25) is 0 Å². The number of hydrogen-bond acceptors (Lipinski definition) is 3. The molecule has 2 aromatic rings. The minimum Gasteiger partial charge on any atom is -0.465 e. The summed E-state index contributed by atoms with van der Waals surface area (Å²) < 4.78 is 0. The number of rotatable bonds is 5. The van der Waals surface area contributed by atoms with Gasteiger partial charge in [0.1, 0.15) is 10.3 Å². The van der Waals surface area contributed by atoms with Crippen LogP contribution in [-0.4, -0.2) is 40.2 Å². The maximum Gasteiger partial charge on any atom is 0.411 e. The summed E-state index contributed by atoms with van der Waals surface area (Å²) in [6.07, 6.45) is 1.29. The van der Waals surface area contributed by atoms with E-state index in [0.717, 1.165) is 25.9 Å². The van der Waals surface area contributed by atoms with E-state index in [4.69, 9.17) is 23.2 Å². The third-order valence-electron chi connectivity index (χ3n) is 5.78. The Morgan fingerprint density at radius 3 is 2.56 bits per heavy atom. The molecular weight excluding hydrogens is 385 g/mol. The van der Waals surface area contributed by atoms with Crippen LogP contribution in [0.15, 0.2) is 42.5 Å². The molecule has 5 nitrogen and oxygen atoms in total. The second-order valence-corrected chi connectivity index (χ2v) is 8.12. The van der Waals surface area contributed by atoms with E-state index in [1.807, 2.05) is 6.07 Å². The van der Waals surface area contributed by atoms with Crippen molar-refractivity contribution >= 4 is 35.0 Å². The third-order valence-corrected chi connectivity index (χ3v) is 6.17. The fraction of sp³-hybridized carbons (Fsp3) is 0.400. The molecule has 2 fully saturated rings. The highest BCUT2D eigenvalue weighted by Crippen LogP contribution is 2.44. The summed E-state index contributed by atoms with van der Waals surface area (Å²) in [6, 6.07) is 14.0. The molecule has 0 spiro atoms. The summed E-state index contributed by atoms with van der Waals surface area (Å²) in [7, 11) is 0. The normalized spacial score (nSPS) is 24.3. The summed E-state index contributed by atoms with van der Waals surface area (Å²) in [5.74, 6) is 0.837. The molecule has 1 N–H and O–H groups in total. The van der Waals surface area contributed by atoms with Gasteiger partial charge >= 0.3 is 6.09 Å². The van der Waals surface area contributed by atoms with Crippen molar-refractivity contribution in [3.8, 4) is 0 Å². The molecule has 1 saturated carbocycles. The van der Waals surface area contributed by atoms with Crippen LogP contribution in [0.4, 0.5) is 10.5 Å². The molecule has 1 saturated heterocycles. The zero-order chi connectivity index (χ0) is 19.0. The molecule has 2 heterocycles. The Kier molecular flexibility index (Phi) is 5.26. The van der Waals surface area contributed by atoms with Gasteiger partial charge in [-0.3, -0.25) is 9.80 Å². The van der Waals surface area contributed by atoms with Gasteiger partial charge in [-0.05, 0) is 42.4 Å². The maximum atomic E-state index is 11.9. The molecule has 27 heavy (non-hydrogen) atoms. The number of benzene rings is 1. The van der Waals surface area contributed by atoms with Crippen molar-refractivity contribution < 1.29 is 9.90 Å². The van der Waals surface area contributed by atoms with Crippen LogP contribution in [0.25, 0.3) is 0 Å². The van der Waals surface area contributed by atoms with Gasteiger partial charge in [-0.25, -0.2) is 9.78 Å². The second kappa shape index (κ2) is 7.66. The molecular formula is C20H21Cl2N3O2. The summed E-state index contributed by atoms with van der Waals surface area (Å²) >= 11 is 12.0. The van der Waals surface area contributed by atoms with E-state index >= 15 is 0 Å². The summed E-state index contributed by atoms with van der Waals surface area (Å²) in [4.78, 5) is 19.7. The molecule has 4 rings (SSSR count). The number of aromatic nitrogens is 1. The maximum absolute atomic E-state index is 11.9. The first-order chi connectivity index (χ1) is 13.0.